The molecule has 3 rings (SSSR count). The highest BCUT2D eigenvalue weighted by atomic mass is 16.6. The number of hydrogen-bond donors (Lipinski definition) is 1. The summed E-state index contributed by atoms with van der Waals surface area (Å²) in [5.41, 5.74) is 1.45. The molecule has 1 unspecified atom stereocenters. The van der Waals surface area contributed by atoms with Gasteiger partial charge in [-0.15, -0.1) is 0 Å². The van der Waals surface area contributed by atoms with Crippen molar-refractivity contribution in [2.24, 2.45) is 5.92 Å². The Morgan fingerprint density at radius 1 is 0.963 bits per heavy atom. The Hall–Kier alpha value is -2.89. The molecule has 2 aromatic carbocycles. The van der Waals surface area contributed by atoms with E-state index in [4.69, 9.17) is 18.9 Å². The van der Waals surface area contributed by atoms with Crippen molar-refractivity contribution in [3.8, 4) is 23.0 Å². The summed E-state index contributed by atoms with van der Waals surface area (Å²) in [6, 6.07) is 10.7. The summed E-state index contributed by atoms with van der Waals surface area (Å²) in [6.07, 6.45) is 0. The van der Waals surface area contributed by atoms with Crippen molar-refractivity contribution in [2.75, 3.05) is 27.4 Å². The molecule has 0 fully saturated rings. The maximum atomic E-state index is 12.9. The molecule has 0 saturated heterocycles. The molecule has 1 N–H and O–H groups in total. The lowest BCUT2D eigenvalue weighted by atomic mass is 9.95. The van der Waals surface area contributed by atoms with Crippen molar-refractivity contribution in [3.63, 3.8) is 0 Å². The van der Waals surface area contributed by atoms with Crippen LogP contribution in [-0.4, -0.2) is 33.3 Å². The van der Waals surface area contributed by atoms with E-state index in [9.17, 15) is 4.79 Å². The Kier molecular flexibility index (Phi) is 5.74. The Bertz CT molecular complexity index is 796. The zero-order valence-electron chi connectivity index (χ0n) is 16.1. The fraction of sp³-hybridized carbons (Fsp3) is 0.381. The third kappa shape index (κ3) is 4.27. The van der Waals surface area contributed by atoms with Crippen LogP contribution in [-0.2, 0) is 0 Å². The van der Waals surface area contributed by atoms with Gasteiger partial charge in [0.2, 0.25) is 0 Å². The Labute approximate surface area is 159 Å². The van der Waals surface area contributed by atoms with Crippen LogP contribution in [0.2, 0.25) is 0 Å². The standard InChI is InChI=1S/C21H25NO5/c1-13(2)20(14-5-6-18-19(11-14)27-8-7-26-18)22-21(23)15-9-16(24-3)12-17(10-15)25-4/h5-6,9-13,20H,7-8H2,1-4H3,(H,22,23). The fourth-order valence-electron chi connectivity index (χ4n) is 3.05. The van der Waals surface area contributed by atoms with Crippen molar-refractivity contribution in [1.82, 2.24) is 5.32 Å². The molecule has 0 saturated carbocycles. The first-order chi connectivity index (χ1) is 13.0. The number of nitrogens with one attached hydrogen (secondary N) is 1. The van der Waals surface area contributed by atoms with Gasteiger partial charge in [0, 0.05) is 11.6 Å². The highest BCUT2D eigenvalue weighted by molar-refractivity contribution is 5.95. The van der Waals surface area contributed by atoms with Crippen molar-refractivity contribution < 1.29 is 23.7 Å². The molecule has 0 radical (unpaired) electrons. The van der Waals surface area contributed by atoms with Gasteiger partial charge >= 0.3 is 0 Å². The molecule has 1 atom stereocenters. The SMILES string of the molecule is COc1cc(OC)cc(C(=O)NC(c2ccc3c(c2)OCCO3)C(C)C)c1. The average Bonchev–Trinajstić information content (AvgIpc) is 2.70. The van der Waals surface area contributed by atoms with Gasteiger partial charge in [0.1, 0.15) is 24.7 Å². The predicted octanol–water partition coefficient (Wildman–Crippen LogP) is 3.60. The van der Waals surface area contributed by atoms with Crippen LogP contribution in [0.3, 0.4) is 0 Å². The predicted molar refractivity (Wildman–Crippen MR) is 102 cm³/mol. The number of carbonyl (C=O) groups excluding carboxylic acids is 1. The second kappa shape index (κ2) is 8.20. The van der Waals surface area contributed by atoms with Gasteiger partial charge in [0.15, 0.2) is 11.5 Å². The van der Waals surface area contributed by atoms with E-state index >= 15 is 0 Å². The number of carbonyl (C=O) groups is 1. The number of rotatable bonds is 6. The maximum Gasteiger partial charge on any atom is 0.252 e. The minimum absolute atomic E-state index is 0.175. The summed E-state index contributed by atoms with van der Waals surface area (Å²) in [5.74, 6) is 2.57. The first-order valence-corrected chi connectivity index (χ1v) is 8.95. The lowest BCUT2D eigenvalue weighted by Crippen LogP contribution is -2.32. The molecule has 6 heteroatoms. The molecular formula is C21H25NO5. The monoisotopic (exact) mass is 371 g/mol. The highest BCUT2D eigenvalue weighted by Gasteiger charge is 2.22. The van der Waals surface area contributed by atoms with Crippen molar-refractivity contribution in [3.05, 3.63) is 47.5 Å². The number of fused-ring (bicyclic) bond motifs is 1. The third-order valence-electron chi connectivity index (χ3n) is 4.49. The zero-order valence-corrected chi connectivity index (χ0v) is 16.1. The zero-order chi connectivity index (χ0) is 19.4. The Morgan fingerprint density at radius 3 is 2.19 bits per heavy atom. The van der Waals surface area contributed by atoms with Crippen LogP contribution in [0, 0.1) is 5.92 Å². The van der Waals surface area contributed by atoms with E-state index < -0.39 is 0 Å². The van der Waals surface area contributed by atoms with Crippen molar-refractivity contribution >= 4 is 5.91 Å². The second-order valence-corrected chi connectivity index (χ2v) is 6.70. The van der Waals surface area contributed by atoms with E-state index in [-0.39, 0.29) is 17.9 Å². The van der Waals surface area contributed by atoms with Crippen LogP contribution in [0.25, 0.3) is 0 Å². The molecule has 1 heterocycles. The second-order valence-electron chi connectivity index (χ2n) is 6.70. The molecular weight excluding hydrogens is 346 g/mol. The quantitative estimate of drug-likeness (QED) is 0.840. The Morgan fingerprint density at radius 2 is 1.59 bits per heavy atom. The number of ether oxygens (including phenoxy) is 4. The molecule has 0 spiro atoms. The van der Waals surface area contributed by atoms with Gasteiger partial charge in [-0.3, -0.25) is 4.79 Å². The van der Waals surface area contributed by atoms with Gasteiger partial charge in [-0.25, -0.2) is 0 Å². The van der Waals surface area contributed by atoms with Crippen LogP contribution >= 0.6 is 0 Å². The van der Waals surface area contributed by atoms with Crippen LogP contribution in [0.1, 0.15) is 35.8 Å². The average molecular weight is 371 g/mol. The molecule has 0 aromatic heterocycles. The van der Waals surface area contributed by atoms with E-state index in [1.165, 1.54) is 0 Å². The van der Waals surface area contributed by atoms with Gasteiger partial charge in [-0.1, -0.05) is 19.9 Å². The van der Waals surface area contributed by atoms with Gasteiger partial charge in [0.05, 0.1) is 20.3 Å². The fourth-order valence-corrected chi connectivity index (χ4v) is 3.05. The Balaban J connectivity index is 1.85. The van der Waals surface area contributed by atoms with Gasteiger partial charge in [-0.2, -0.15) is 0 Å². The normalized spacial score (nSPS) is 13.8. The minimum atomic E-state index is -0.194. The van der Waals surface area contributed by atoms with E-state index in [2.05, 4.69) is 19.2 Å². The number of hydrogen-bond acceptors (Lipinski definition) is 5. The van der Waals surface area contributed by atoms with Gasteiger partial charge in [-0.05, 0) is 35.7 Å². The van der Waals surface area contributed by atoms with Crippen LogP contribution in [0.4, 0.5) is 0 Å². The maximum absolute atomic E-state index is 12.9. The van der Waals surface area contributed by atoms with Crippen LogP contribution < -0.4 is 24.3 Å². The molecule has 0 aliphatic carbocycles. The van der Waals surface area contributed by atoms with Crippen LogP contribution in [0.15, 0.2) is 36.4 Å². The summed E-state index contributed by atoms with van der Waals surface area (Å²) in [6.45, 7) is 5.20. The number of methoxy groups -OCH3 is 2. The summed E-state index contributed by atoms with van der Waals surface area (Å²) >= 11 is 0. The van der Waals surface area contributed by atoms with E-state index in [0.717, 1.165) is 11.3 Å². The lowest BCUT2D eigenvalue weighted by molar-refractivity contribution is 0.0924. The molecule has 1 amide bonds. The van der Waals surface area contributed by atoms with E-state index in [1.54, 1.807) is 32.4 Å². The first kappa shape index (κ1) is 18.9. The summed E-state index contributed by atoms with van der Waals surface area (Å²) < 4.78 is 21.8. The van der Waals surface area contributed by atoms with Gasteiger partial charge in [0.25, 0.3) is 5.91 Å². The highest BCUT2D eigenvalue weighted by Crippen LogP contribution is 2.34. The summed E-state index contributed by atoms with van der Waals surface area (Å²) in [4.78, 5) is 12.9. The molecule has 0 bridgehead atoms. The molecule has 27 heavy (non-hydrogen) atoms. The third-order valence-corrected chi connectivity index (χ3v) is 4.49. The molecule has 144 valence electrons. The van der Waals surface area contributed by atoms with Crippen molar-refractivity contribution in [1.29, 1.82) is 0 Å². The van der Waals surface area contributed by atoms with E-state index in [1.807, 2.05) is 18.2 Å². The summed E-state index contributed by atoms with van der Waals surface area (Å²) in [7, 11) is 3.12. The smallest absolute Gasteiger partial charge is 0.252 e. The van der Waals surface area contributed by atoms with Gasteiger partial charge < -0.3 is 24.3 Å². The first-order valence-electron chi connectivity index (χ1n) is 8.95. The van der Waals surface area contributed by atoms with Crippen molar-refractivity contribution in [2.45, 2.75) is 19.9 Å². The largest absolute Gasteiger partial charge is 0.497 e. The minimum Gasteiger partial charge on any atom is -0.497 e. The summed E-state index contributed by atoms with van der Waals surface area (Å²) in [5, 5.41) is 3.11. The lowest BCUT2D eigenvalue weighted by Gasteiger charge is -2.25. The van der Waals surface area contributed by atoms with E-state index in [0.29, 0.717) is 36.0 Å². The molecule has 1 aliphatic rings. The number of benzene rings is 2. The number of amides is 1. The van der Waals surface area contributed by atoms with Crippen LogP contribution in [0.5, 0.6) is 23.0 Å². The topological polar surface area (TPSA) is 66.0 Å². The molecule has 6 nitrogen and oxygen atoms in total. The molecule has 1 aliphatic heterocycles. The molecule has 2 aromatic rings.